The smallest absolute Gasteiger partial charge is 0.178 e. The highest BCUT2D eigenvalue weighted by atomic mass is 16.6. The van der Waals surface area contributed by atoms with Crippen molar-refractivity contribution in [1.29, 1.82) is 0 Å². The van der Waals surface area contributed by atoms with E-state index in [2.05, 4.69) is 10.3 Å². The third-order valence-electron chi connectivity index (χ3n) is 1.61. The SMILES string of the molecule is CONCC(=O)c1ccc(N)cc1. The third kappa shape index (κ3) is 2.85. The van der Waals surface area contributed by atoms with Crippen molar-refractivity contribution in [2.45, 2.75) is 0 Å². The molecule has 0 unspecified atom stereocenters. The Hall–Kier alpha value is -1.39. The van der Waals surface area contributed by atoms with Crippen LogP contribution < -0.4 is 11.2 Å². The Kier molecular flexibility index (Phi) is 3.42. The molecule has 0 aliphatic carbocycles. The molecule has 4 nitrogen and oxygen atoms in total. The Morgan fingerprint density at radius 1 is 1.46 bits per heavy atom. The van der Waals surface area contributed by atoms with Crippen LogP contribution in [0.3, 0.4) is 0 Å². The van der Waals surface area contributed by atoms with Gasteiger partial charge in [0.15, 0.2) is 5.78 Å². The van der Waals surface area contributed by atoms with Gasteiger partial charge in [-0.1, -0.05) is 0 Å². The molecule has 3 N–H and O–H groups in total. The summed E-state index contributed by atoms with van der Waals surface area (Å²) in [6.45, 7) is 0.167. The summed E-state index contributed by atoms with van der Waals surface area (Å²) in [5.74, 6) is -0.0261. The fraction of sp³-hybridized carbons (Fsp3) is 0.222. The van der Waals surface area contributed by atoms with Gasteiger partial charge < -0.3 is 10.6 Å². The van der Waals surface area contributed by atoms with Crippen LogP contribution in [0.4, 0.5) is 5.69 Å². The lowest BCUT2D eigenvalue weighted by molar-refractivity contribution is 0.0735. The summed E-state index contributed by atoms with van der Waals surface area (Å²) < 4.78 is 0. The van der Waals surface area contributed by atoms with Crippen LogP contribution in [-0.2, 0) is 4.84 Å². The summed E-state index contributed by atoms with van der Waals surface area (Å²) in [5.41, 5.74) is 9.23. The van der Waals surface area contributed by atoms with Crippen LogP contribution in [0.2, 0.25) is 0 Å². The summed E-state index contributed by atoms with van der Waals surface area (Å²) in [6, 6.07) is 6.77. The lowest BCUT2D eigenvalue weighted by atomic mass is 10.1. The largest absolute Gasteiger partial charge is 0.399 e. The molecule has 1 rings (SSSR count). The van der Waals surface area contributed by atoms with Gasteiger partial charge in [-0.05, 0) is 24.3 Å². The zero-order valence-electron chi connectivity index (χ0n) is 7.41. The molecule has 0 aliphatic heterocycles. The van der Waals surface area contributed by atoms with E-state index < -0.39 is 0 Å². The molecule has 0 bridgehead atoms. The van der Waals surface area contributed by atoms with Crippen molar-refractivity contribution in [3.05, 3.63) is 29.8 Å². The number of hydrogen-bond acceptors (Lipinski definition) is 4. The molecular formula is C9H12N2O2. The number of nitrogens with one attached hydrogen (secondary N) is 1. The number of benzene rings is 1. The first-order valence-corrected chi connectivity index (χ1v) is 3.88. The summed E-state index contributed by atoms with van der Waals surface area (Å²) in [6.07, 6.45) is 0. The summed E-state index contributed by atoms with van der Waals surface area (Å²) in [7, 11) is 1.47. The maximum absolute atomic E-state index is 11.3. The lowest BCUT2D eigenvalue weighted by Gasteiger charge is -2.01. The molecule has 0 heterocycles. The number of ketones is 1. The minimum absolute atomic E-state index is 0.0261. The van der Waals surface area contributed by atoms with Crippen molar-refractivity contribution < 1.29 is 9.63 Å². The van der Waals surface area contributed by atoms with E-state index in [0.29, 0.717) is 11.3 Å². The van der Waals surface area contributed by atoms with Crippen molar-refractivity contribution in [2.75, 3.05) is 19.4 Å². The first kappa shape index (κ1) is 9.70. The summed E-state index contributed by atoms with van der Waals surface area (Å²) in [4.78, 5) is 15.9. The van der Waals surface area contributed by atoms with Gasteiger partial charge in [-0.3, -0.25) is 4.79 Å². The van der Waals surface area contributed by atoms with Gasteiger partial charge in [-0.25, -0.2) is 0 Å². The Morgan fingerprint density at radius 3 is 2.62 bits per heavy atom. The van der Waals surface area contributed by atoms with E-state index in [9.17, 15) is 4.79 Å². The zero-order chi connectivity index (χ0) is 9.68. The molecule has 70 valence electrons. The molecule has 0 spiro atoms. The average Bonchev–Trinajstić information content (AvgIpc) is 2.15. The zero-order valence-corrected chi connectivity index (χ0v) is 7.41. The molecule has 13 heavy (non-hydrogen) atoms. The highest BCUT2D eigenvalue weighted by Gasteiger charge is 2.03. The molecule has 0 atom stereocenters. The number of carbonyl (C=O) groups excluding carboxylic acids is 1. The van der Waals surface area contributed by atoms with E-state index in [1.165, 1.54) is 7.11 Å². The molecule has 0 aromatic heterocycles. The number of hydroxylamine groups is 1. The monoisotopic (exact) mass is 180 g/mol. The van der Waals surface area contributed by atoms with Crippen molar-refractivity contribution in [2.24, 2.45) is 0 Å². The van der Waals surface area contributed by atoms with Crippen LogP contribution in [0.15, 0.2) is 24.3 Å². The summed E-state index contributed by atoms with van der Waals surface area (Å²) in [5, 5.41) is 0. The molecule has 0 saturated carbocycles. The number of carbonyl (C=O) groups is 1. The number of hydrogen-bond donors (Lipinski definition) is 2. The predicted molar refractivity (Wildman–Crippen MR) is 50.2 cm³/mol. The first-order valence-electron chi connectivity index (χ1n) is 3.88. The van der Waals surface area contributed by atoms with E-state index in [1.54, 1.807) is 24.3 Å². The second-order valence-corrected chi connectivity index (χ2v) is 2.57. The molecule has 0 amide bonds. The standard InChI is InChI=1S/C9H12N2O2/c1-13-11-6-9(12)7-2-4-8(10)5-3-7/h2-5,11H,6,10H2,1H3. The number of Topliss-reactive ketones (excluding diaryl/α,β-unsaturated/α-hetero) is 1. The van der Waals surface area contributed by atoms with Gasteiger partial charge in [0, 0.05) is 11.3 Å². The normalized spacial score (nSPS) is 9.92. The lowest BCUT2D eigenvalue weighted by Crippen LogP contribution is -2.21. The molecule has 1 aromatic carbocycles. The number of nitrogen functional groups attached to an aromatic ring is 1. The van der Waals surface area contributed by atoms with Crippen molar-refractivity contribution >= 4 is 11.5 Å². The number of anilines is 1. The topological polar surface area (TPSA) is 64.3 Å². The molecule has 0 saturated heterocycles. The fourth-order valence-electron chi connectivity index (χ4n) is 0.909. The minimum atomic E-state index is -0.0261. The third-order valence-corrected chi connectivity index (χ3v) is 1.61. The van der Waals surface area contributed by atoms with Crippen LogP contribution in [0, 0.1) is 0 Å². The van der Waals surface area contributed by atoms with Crippen LogP contribution >= 0.6 is 0 Å². The van der Waals surface area contributed by atoms with Gasteiger partial charge in [0.05, 0.1) is 13.7 Å². The van der Waals surface area contributed by atoms with E-state index in [1.807, 2.05) is 0 Å². The Balaban J connectivity index is 2.61. The molecule has 0 radical (unpaired) electrons. The average molecular weight is 180 g/mol. The van der Waals surface area contributed by atoms with Crippen LogP contribution in [0.25, 0.3) is 0 Å². The van der Waals surface area contributed by atoms with E-state index >= 15 is 0 Å². The maximum atomic E-state index is 11.3. The van der Waals surface area contributed by atoms with Gasteiger partial charge in [0.1, 0.15) is 0 Å². The Bertz CT molecular complexity index is 282. The second-order valence-electron chi connectivity index (χ2n) is 2.57. The molecule has 4 heteroatoms. The highest BCUT2D eigenvalue weighted by Crippen LogP contribution is 2.05. The minimum Gasteiger partial charge on any atom is -0.399 e. The number of nitrogens with two attached hydrogens (primary N) is 1. The molecule has 0 fully saturated rings. The summed E-state index contributed by atoms with van der Waals surface area (Å²) >= 11 is 0. The molecule has 0 aliphatic rings. The Labute approximate surface area is 76.6 Å². The highest BCUT2D eigenvalue weighted by molar-refractivity contribution is 5.97. The predicted octanol–water partition coefficient (Wildman–Crippen LogP) is 0.602. The molecular weight excluding hydrogens is 168 g/mol. The van der Waals surface area contributed by atoms with Gasteiger partial charge in [0.2, 0.25) is 0 Å². The van der Waals surface area contributed by atoms with Crippen molar-refractivity contribution in [3.63, 3.8) is 0 Å². The van der Waals surface area contributed by atoms with E-state index in [4.69, 9.17) is 5.73 Å². The van der Waals surface area contributed by atoms with Crippen LogP contribution in [0.1, 0.15) is 10.4 Å². The van der Waals surface area contributed by atoms with Gasteiger partial charge >= 0.3 is 0 Å². The first-order chi connectivity index (χ1) is 6.24. The number of rotatable bonds is 4. The van der Waals surface area contributed by atoms with Crippen LogP contribution in [0.5, 0.6) is 0 Å². The van der Waals surface area contributed by atoms with Crippen LogP contribution in [-0.4, -0.2) is 19.4 Å². The second kappa shape index (κ2) is 4.59. The van der Waals surface area contributed by atoms with E-state index in [-0.39, 0.29) is 12.3 Å². The van der Waals surface area contributed by atoms with Crippen molar-refractivity contribution in [1.82, 2.24) is 5.48 Å². The van der Waals surface area contributed by atoms with Gasteiger partial charge in [-0.15, -0.1) is 0 Å². The van der Waals surface area contributed by atoms with Crippen molar-refractivity contribution in [3.8, 4) is 0 Å². The fourth-order valence-corrected chi connectivity index (χ4v) is 0.909. The molecule has 1 aromatic rings. The Morgan fingerprint density at radius 2 is 2.08 bits per heavy atom. The maximum Gasteiger partial charge on any atom is 0.178 e. The van der Waals surface area contributed by atoms with E-state index in [0.717, 1.165) is 0 Å². The quantitative estimate of drug-likeness (QED) is 0.404. The van der Waals surface area contributed by atoms with Gasteiger partial charge in [0.25, 0.3) is 0 Å². The van der Waals surface area contributed by atoms with Gasteiger partial charge in [-0.2, -0.15) is 5.48 Å².